The standard InChI is InChI=1S/C7H7BClFO4/c1-13-6-3-4(9)2-5(10)7(6)14-8(11)12/h2-3,11-12H,1H3. The van der Waals surface area contributed by atoms with Crippen LogP contribution in [0, 0.1) is 5.82 Å². The first-order chi connectivity index (χ1) is 6.54. The van der Waals surface area contributed by atoms with Gasteiger partial charge in [-0.3, -0.25) is 0 Å². The SMILES string of the molecule is COc1cc(Cl)cc(F)c1OB(O)O. The van der Waals surface area contributed by atoms with E-state index >= 15 is 0 Å². The number of benzene rings is 1. The zero-order valence-electron chi connectivity index (χ0n) is 7.20. The number of methoxy groups -OCH3 is 1. The summed E-state index contributed by atoms with van der Waals surface area (Å²) >= 11 is 5.54. The quantitative estimate of drug-likeness (QED) is 0.741. The molecule has 1 aromatic rings. The molecule has 0 spiro atoms. The zero-order chi connectivity index (χ0) is 10.7. The fourth-order valence-corrected chi connectivity index (χ4v) is 1.10. The van der Waals surface area contributed by atoms with Crippen LogP contribution >= 0.6 is 11.6 Å². The van der Waals surface area contributed by atoms with Gasteiger partial charge in [0, 0.05) is 11.1 Å². The number of halogens is 2. The molecule has 0 saturated carbocycles. The van der Waals surface area contributed by atoms with E-state index in [-0.39, 0.29) is 10.8 Å². The fraction of sp³-hybridized carbons (Fsp3) is 0.143. The van der Waals surface area contributed by atoms with Crippen molar-refractivity contribution in [3.05, 3.63) is 23.0 Å². The van der Waals surface area contributed by atoms with Crippen molar-refractivity contribution in [1.82, 2.24) is 0 Å². The highest BCUT2D eigenvalue weighted by Crippen LogP contribution is 2.33. The van der Waals surface area contributed by atoms with Gasteiger partial charge in [-0.2, -0.15) is 0 Å². The maximum atomic E-state index is 13.1. The Bertz CT molecular complexity index is 334. The van der Waals surface area contributed by atoms with Gasteiger partial charge in [0.15, 0.2) is 17.3 Å². The van der Waals surface area contributed by atoms with Gasteiger partial charge in [-0.15, -0.1) is 0 Å². The summed E-state index contributed by atoms with van der Waals surface area (Å²) in [6, 6.07) is 2.27. The average Bonchev–Trinajstić information content (AvgIpc) is 2.08. The van der Waals surface area contributed by atoms with Gasteiger partial charge in [-0.05, 0) is 6.07 Å². The largest absolute Gasteiger partial charge is 0.707 e. The topological polar surface area (TPSA) is 58.9 Å². The molecule has 0 atom stereocenters. The van der Waals surface area contributed by atoms with E-state index in [9.17, 15) is 4.39 Å². The summed E-state index contributed by atoms with van der Waals surface area (Å²) < 4.78 is 22.3. The van der Waals surface area contributed by atoms with Crippen molar-refractivity contribution in [1.29, 1.82) is 0 Å². The number of hydrogen-bond acceptors (Lipinski definition) is 4. The Labute approximate surface area is 85.0 Å². The molecule has 0 saturated heterocycles. The van der Waals surface area contributed by atoms with E-state index in [4.69, 9.17) is 26.4 Å². The normalized spacial score (nSPS) is 9.79. The molecule has 0 heterocycles. The molecular formula is C7H7BClFO4. The van der Waals surface area contributed by atoms with Crippen LogP contribution in [0.3, 0.4) is 0 Å². The Morgan fingerprint density at radius 2 is 2.07 bits per heavy atom. The Morgan fingerprint density at radius 1 is 1.43 bits per heavy atom. The summed E-state index contributed by atoms with van der Waals surface area (Å²) in [5, 5.41) is 17.1. The Kier molecular flexibility index (Phi) is 3.57. The monoisotopic (exact) mass is 220 g/mol. The second-order valence-electron chi connectivity index (χ2n) is 2.36. The molecule has 14 heavy (non-hydrogen) atoms. The minimum Gasteiger partial charge on any atom is -0.507 e. The highest BCUT2D eigenvalue weighted by Gasteiger charge is 2.19. The van der Waals surface area contributed by atoms with Gasteiger partial charge in [-0.25, -0.2) is 4.39 Å². The third-order valence-corrected chi connectivity index (χ3v) is 1.64. The van der Waals surface area contributed by atoms with Crippen molar-refractivity contribution in [3.63, 3.8) is 0 Å². The maximum absolute atomic E-state index is 13.1. The predicted octanol–water partition coefficient (Wildman–Crippen LogP) is 0.836. The molecule has 2 N–H and O–H groups in total. The molecular weight excluding hydrogens is 213 g/mol. The lowest BCUT2D eigenvalue weighted by Crippen LogP contribution is -2.21. The van der Waals surface area contributed by atoms with Gasteiger partial charge in [-0.1, -0.05) is 11.6 Å². The molecule has 4 nitrogen and oxygen atoms in total. The number of ether oxygens (including phenoxy) is 1. The van der Waals surface area contributed by atoms with Crippen LogP contribution in [0.1, 0.15) is 0 Å². The molecule has 7 heteroatoms. The van der Waals surface area contributed by atoms with Gasteiger partial charge in [0.05, 0.1) is 7.11 Å². The molecule has 0 aliphatic rings. The van der Waals surface area contributed by atoms with Gasteiger partial charge in [0.25, 0.3) is 0 Å². The van der Waals surface area contributed by atoms with E-state index in [1.807, 2.05) is 0 Å². The lowest BCUT2D eigenvalue weighted by atomic mass is 10.2. The van der Waals surface area contributed by atoms with Gasteiger partial charge >= 0.3 is 7.32 Å². The third-order valence-electron chi connectivity index (χ3n) is 1.42. The van der Waals surface area contributed by atoms with Crippen LogP contribution in [0.4, 0.5) is 4.39 Å². The molecule has 0 amide bonds. The van der Waals surface area contributed by atoms with Crippen LogP contribution in [-0.2, 0) is 0 Å². The van der Waals surface area contributed by atoms with Crippen LogP contribution in [-0.4, -0.2) is 24.5 Å². The molecule has 0 aromatic heterocycles. The summed E-state index contributed by atoms with van der Waals surface area (Å²) in [5.74, 6) is -1.24. The Hall–Kier alpha value is -0.975. The highest BCUT2D eigenvalue weighted by atomic mass is 35.5. The second-order valence-corrected chi connectivity index (χ2v) is 2.80. The van der Waals surface area contributed by atoms with Gasteiger partial charge in [0.2, 0.25) is 0 Å². The molecule has 0 unspecified atom stereocenters. The lowest BCUT2D eigenvalue weighted by molar-refractivity contribution is 0.272. The van der Waals surface area contributed by atoms with Crippen LogP contribution in [0.2, 0.25) is 5.02 Å². The fourth-order valence-electron chi connectivity index (χ4n) is 0.908. The van der Waals surface area contributed by atoms with Crippen LogP contribution in [0.5, 0.6) is 11.5 Å². The summed E-state index contributed by atoms with van der Waals surface area (Å²) in [6.07, 6.45) is 0. The minimum atomic E-state index is -2.11. The number of rotatable bonds is 3. The van der Waals surface area contributed by atoms with Gasteiger partial charge in [0.1, 0.15) is 0 Å². The smallest absolute Gasteiger partial charge is 0.507 e. The highest BCUT2D eigenvalue weighted by molar-refractivity contribution is 6.34. The van der Waals surface area contributed by atoms with E-state index in [1.165, 1.54) is 13.2 Å². The van der Waals surface area contributed by atoms with Gasteiger partial charge < -0.3 is 19.4 Å². The van der Waals surface area contributed by atoms with Crippen molar-refractivity contribution >= 4 is 18.9 Å². The van der Waals surface area contributed by atoms with Crippen molar-refractivity contribution in [2.24, 2.45) is 0 Å². The average molecular weight is 220 g/mol. The first-order valence-electron chi connectivity index (χ1n) is 3.60. The zero-order valence-corrected chi connectivity index (χ0v) is 7.95. The summed E-state index contributed by atoms with van der Waals surface area (Å²) in [4.78, 5) is 0. The van der Waals surface area contributed by atoms with Crippen molar-refractivity contribution in [3.8, 4) is 11.5 Å². The van der Waals surface area contributed by atoms with Crippen LogP contribution < -0.4 is 9.39 Å². The molecule has 0 bridgehead atoms. The Morgan fingerprint density at radius 3 is 2.57 bits per heavy atom. The van der Waals surface area contributed by atoms with E-state index in [0.717, 1.165) is 6.07 Å². The number of hydrogen-bond donors (Lipinski definition) is 2. The molecule has 0 aliphatic carbocycles. The van der Waals surface area contributed by atoms with E-state index in [0.29, 0.717) is 0 Å². The third kappa shape index (κ3) is 2.51. The second kappa shape index (κ2) is 4.50. The predicted molar refractivity (Wildman–Crippen MR) is 48.8 cm³/mol. The van der Waals surface area contributed by atoms with E-state index in [2.05, 4.69) is 4.65 Å². The lowest BCUT2D eigenvalue weighted by Gasteiger charge is -2.10. The molecule has 1 aromatic carbocycles. The molecule has 0 aliphatic heterocycles. The first kappa shape index (κ1) is 11.1. The molecule has 0 radical (unpaired) electrons. The van der Waals surface area contributed by atoms with E-state index in [1.54, 1.807) is 0 Å². The molecule has 76 valence electrons. The van der Waals surface area contributed by atoms with Crippen LogP contribution in [0.15, 0.2) is 12.1 Å². The van der Waals surface area contributed by atoms with Crippen molar-refractivity contribution in [2.45, 2.75) is 0 Å². The summed E-state index contributed by atoms with van der Waals surface area (Å²) in [7, 11) is -0.832. The first-order valence-corrected chi connectivity index (χ1v) is 3.98. The maximum Gasteiger partial charge on any atom is 0.707 e. The molecule has 0 fully saturated rings. The summed E-state index contributed by atoms with van der Waals surface area (Å²) in [6.45, 7) is 0. The minimum absolute atomic E-state index is 0.0110. The summed E-state index contributed by atoms with van der Waals surface area (Å²) in [5.41, 5.74) is 0. The van der Waals surface area contributed by atoms with Crippen molar-refractivity contribution < 1.29 is 23.8 Å². The Balaban J connectivity index is 3.11. The van der Waals surface area contributed by atoms with Crippen LogP contribution in [0.25, 0.3) is 0 Å². The molecule has 1 rings (SSSR count). The van der Waals surface area contributed by atoms with Crippen molar-refractivity contribution in [2.75, 3.05) is 7.11 Å². The van der Waals surface area contributed by atoms with E-state index < -0.39 is 18.9 Å².